The number of nitrogens with one attached hydrogen (secondary N) is 1. The van der Waals surface area contributed by atoms with Gasteiger partial charge in [-0.2, -0.15) is 0 Å². The summed E-state index contributed by atoms with van der Waals surface area (Å²) < 4.78 is 12.1. The lowest BCUT2D eigenvalue weighted by Crippen LogP contribution is -2.40. The average molecular weight is 201 g/mol. The normalized spacial score (nSPS) is 19.9. The van der Waals surface area contributed by atoms with E-state index >= 15 is 0 Å². The van der Waals surface area contributed by atoms with E-state index in [0.717, 1.165) is 25.7 Å². The van der Waals surface area contributed by atoms with Crippen molar-refractivity contribution in [2.24, 2.45) is 11.8 Å². The number of aldehydes is 1. The zero-order valence-corrected chi connectivity index (χ0v) is 8.33. The fraction of sp³-hybridized carbons (Fsp3) is 0.800. The van der Waals surface area contributed by atoms with Crippen molar-refractivity contribution < 1.29 is 14.0 Å². The van der Waals surface area contributed by atoms with Crippen molar-refractivity contribution in [2.45, 2.75) is 38.6 Å². The van der Waals surface area contributed by atoms with Gasteiger partial charge in [0.15, 0.2) is 0 Å². The molecular formula is C10H16FNO2. The molecule has 14 heavy (non-hydrogen) atoms. The van der Waals surface area contributed by atoms with Gasteiger partial charge in [0.2, 0.25) is 0 Å². The molecule has 0 bridgehead atoms. The molecule has 1 aliphatic carbocycles. The number of halogens is 1. The molecular weight excluding hydrogens is 185 g/mol. The SMILES string of the molecule is CCCC(C1CC1)C(C=O)NC(=O)F. The molecule has 1 N–H and O–H groups in total. The first kappa shape index (κ1) is 11.1. The van der Waals surface area contributed by atoms with Crippen molar-refractivity contribution in [1.82, 2.24) is 5.32 Å². The van der Waals surface area contributed by atoms with Gasteiger partial charge in [-0.1, -0.05) is 13.3 Å². The Morgan fingerprint density at radius 2 is 2.29 bits per heavy atom. The topological polar surface area (TPSA) is 46.2 Å². The van der Waals surface area contributed by atoms with E-state index in [1.807, 2.05) is 6.92 Å². The van der Waals surface area contributed by atoms with Crippen molar-refractivity contribution in [2.75, 3.05) is 0 Å². The van der Waals surface area contributed by atoms with Gasteiger partial charge in [0.1, 0.15) is 6.29 Å². The summed E-state index contributed by atoms with van der Waals surface area (Å²) in [5.41, 5.74) is 0. The Hall–Kier alpha value is -0.930. The highest BCUT2D eigenvalue weighted by molar-refractivity contribution is 5.72. The molecule has 1 aliphatic rings. The van der Waals surface area contributed by atoms with Crippen LogP contribution < -0.4 is 5.32 Å². The molecule has 1 fully saturated rings. The van der Waals surface area contributed by atoms with Gasteiger partial charge in [0.05, 0.1) is 6.04 Å². The quantitative estimate of drug-likeness (QED) is 0.406. The van der Waals surface area contributed by atoms with Gasteiger partial charge in [-0.25, -0.2) is 4.79 Å². The number of carbonyl (C=O) groups excluding carboxylic acids is 2. The van der Waals surface area contributed by atoms with E-state index in [2.05, 4.69) is 5.32 Å². The van der Waals surface area contributed by atoms with Gasteiger partial charge in [-0.15, -0.1) is 4.39 Å². The van der Waals surface area contributed by atoms with Crippen LogP contribution in [0.25, 0.3) is 0 Å². The van der Waals surface area contributed by atoms with Crippen LogP contribution in [0.5, 0.6) is 0 Å². The van der Waals surface area contributed by atoms with Crippen molar-refractivity contribution in [3.8, 4) is 0 Å². The van der Waals surface area contributed by atoms with Gasteiger partial charge in [0.25, 0.3) is 0 Å². The summed E-state index contributed by atoms with van der Waals surface area (Å²) in [5.74, 6) is 0.620. The van der Waals surface area contributed by atoms with Crippen LogP contribution in [0.1, 0.15) is 32.6 Å². The molecule has 0 heterocycles. The van der Waals surface area contributed by atoms with Crippen LogP contribution in [0.4, 0.5) is 9.18 Å². The molecule has 2 unspecified atom stereocenters. The highest BCUT2D eigenvalue weighted by atomic mass is 19.1. The number of rotatable bonds is 6. The van der Waals surface area contributed by atoms with E-state index < -0.39 is 12.2 Å². The van der Waals surface area contributed by atoms with Gasteiger partial charge in [0, 0.05) is 0 Å². The predicted octanol–water partition coefficient (Wildman–Crippen LogP) is 2.06. The van der Waals surface area contributed by atoms with Crippen LogP contribution in [-0.4, -0.2) is 18.5 Å². The molecule has 0 spiro atoms. The average Bonchev–Trinajstić information content (AvgIpc) is 2.93. The van der Waals surface area contributed by atoms with Crippen molar-refractivity contribution in [3.05, 3.63) is 0 Å². The third kappa shape index (κ3) is 3.09. The van der Waals surface area contributed by atoms with Gasteiger partial charge < -0.3 is 10.1 Å². The van der Waals surface area contributed by atoms with E-state index in [1.54, 1.807) is 0 Å². The minimum absolute atomic E-state index is 0.122. The first-order valence-corrected chi connectivity index (χ1v) is 5.10. The Kier molecular flexibility index (Phi) is 4.04. The minimum Gasteiger partial charge on any atom is -0.318 e. The smallest absolute Gasteiger partial charge is 0.318 e. The molecule has 0 aliphatic heterocycles. The van der Waals surface area contributed by atoms with E-state index in [1.165, 1.54) is 0 Å². The van der Waals surface area contributed by atoms with Crippen molar-refractivity contribution in [3.63, 3.8) is 0 Å². The number of hydrogen-bond acceptors (Lipinski definition) is 2. The summed E-state index contributed by atoms with van der Waals surface area (Å²) in [7, 11) is 0. The van der Waals surface area contributed by atoms with Crippen LogP contribution in [0.15, 0.2) is 0 Å². The van der Waals surface area contributed by atoms with Crippen LogP contribution in [0, 0.1) is 11.8 Å². The van der Waals surface area contributed by atoms with Crippen LogP contribution >= 0.6 is 0 Å². The molecule has 0 saturated heterocycles. The Morgan fingerprint density at radius 1 is 1.64 bits per heavy atom. The second kappa shape index (κ2) is 5.08. The molecule has 0 radical (unpaired) electrons. The van der Waals surface area contributed by atoms with Gasteiger partial charge >= 0.3 is 6.16 Å². The van der Waals surface area contributed by atoms with Crippen LogP contribution in [0.3, 0.4) is 0 Å². The van der Waals surface area contributed by atoms with Crippen molar-refractivity contribution >= 4 is 12.4 Å². The molecule has 80 valence electrons. The summed E-state index contributed by atoms with van der Waals surface area (Å²) >= 11 is 0. The Morgan fingerprint density at radius 3 is 2.64 bits per heavy atom. The summed E-state index contributed by atoms with van der Waals surface area (Å²) in [6, 6.07) is -0.639. The molecule has 0 aromatic carbocycles. The summed E-state index contributed by atoms with van der Waals surface area (Å²) in [4.78, 5) is 20.9. The van der Waals surface area contributed by atoms with Crippen LogP contribution in [0.2, 0.25) is 0 Å². The standard InChI is InChI=1S/C10H16FNO2/c1-2-3-8(7-4-5-7)9(6-13)12-10(11)14/h6-9H,2-5H2,1H3,(H,12,14). The van der Waals surface area contributed by atoms with E-state index in [9.17, 15) is 14.0 Å². The second-order valence-electron chi connectivity index (χ2n) is 3.87. The van der Waals surface area contributed by atoms with Gasteiger partial charge in [-0.05, 0) is 31.1 Å². The molecule has 1 amide bonds. The molecule has 0 aromatic rings. The molecule has 2 atom stereocenters. The Labute approximate surface area is 83.1 Å². The molecule has 0 aromatic heterocycles. The third-order valence-corrected chi connectivity index (χ3v) is 2.74. The lowest BCUT2D eigenvalue weighted by molar-refractivity contribution is -0.110. The fourth-order valence-electron chi connectivity index (χ4n) is 1.94. The molecule has 1 saturated carbocycles. The lowest BCUT2D eigenvalue weighted by atomic mass is 9.91. The van der Waals surface area contributed by atoms with E-state index in [-0.39, 0.29) is 5.92 Å². The highest BCUT2D eigenvalue weighted by Gasteiger charge is 2.36. The van der Waals surface area contributed by atoms with E-state index in [0.29, 0.717) is 12.2 Å². The van der Waals surface area contributed by atoms with Crippen LogP contribution in [-0.2, 0) is 4.79 Å². The lowest BCUT2D eigenvalue weighted by Gasteiger charge is -2.21. The fourth-order valence-corrected chi connectivity index (χ4v) is 1.94. The predicted molar refractivity (Wildman–Crippen MR) is 50.6 cm³/mol. The minimum atomic E-state index is -1.61. The Balaban J connectivity index is 2.52. The summed E-state index contributed by atoms with van der Waals surface area (Å²) in [6.45, 7) is 2.02. The van der Waals surface area contributed by atoms with Crippen molar-refractivity contribution in [1.29, 1.82) is 0 Å². The number of amides is 1. The number of carbonyl (C=O) groups is 2. The highest BCUT2D eigenvalue weighted by Crippen LogP contribution is 2.40. The maximum atomic E-state index is 12.1. The maximum Gasteiger partial charge on any atom is 0.397 e. The molecule has 3 nitrogen and oxygen atoms in total. The van der Waals surface area contributed by atoms with E-state index in [4.69, 9.17) is 0 Å². The zero-order valence-electron chi connectivity index (χ0n) is 8.33. The summed E-state index contributed by atoms with van der Waals surface area (Å²) in [5, 5.41) is 2.06. The second-order valence-corrected chi connectivity index (χ2v) is 3.87. The molecule has 1 rings (SSSR count). The monoisotopic (exact) mass is 201 g/mol. The Bertz CT molecular complexity index is 216. The number of hydrogen-bond donors (Lipinski definition) is 1. The molecule has 4 heteroatoms. The first-order valence-electron chi connectivity index (χ1n) is 5.10. The largest absolute Gasteiger partial charge is 0.397 e. The maximum absolute atomic E-state index is 12.1. The summed E-state index contributed by atoms with van der Waals surface area (Å²) in [6.07, 6.45) is 3.05. The van der Waals surface area contributed by atoms with Gasteiger partial charge in [-0.3, -0.25) is 0 Å². The first-order chi connectivity index (χ1) is 6.69. The zero-order chi connectivity index (χ0) is 10.6. The third-order valence-electron chi connectivity index (χ3n) is 2.74.